The molecule has 6 fully saturated rings. The molecule has 70 heavy (non-hydrogen) atoms. The number of hydrogen-bond donors (Lipinski definition) is 4. The van der Waals surface area contributed by atoms with E-state index in [9.17, 15) is 19.2 Å². The van der Waals surface area contributed by atoms with Crippen molar-refractivity contribution in [2.45, 2.75) is 103 Å². The van der Waals surface area contributed by atoms with Crippen LogP contribution in [0.5, 0.6) is 0 Å². The van der Waals surface area contributed by atoms with E-state index in [0.717, 1.165) is 114 Å². The van der Waals surface area contributed by atoms with Gasteiger partial charge in [0.1, 0.15) is 35.6 Å². The van der Waals surface area contributed by atoms with E-state index in [4.69, 9.17) is 0 Å². The maximum atomic E-state index is 15.7. The van der Waals surface area contributed by atoms with Crippen molar-refractivity contribution in [2.24, 2.45) is 10.8 Å². The summed E-state index contributed by atoms with van der Waals surface area (Å²) in [5.74, 6) is -0.316. The second kappa shape index (κ2) is 20.0. The minimum absolute atomic E-state index is 0.0112. The normalized spacial score (nSPS) is 25.0. The van der Waals surface area contributed by atoms with Crippen LogP contribution in [0.1, 0.15) is 99.5 Å². The maximum absolute atomic E-state index is 15.7. The van der Waals surface area contributed by atoms with E-state index in [0.29, 0.717) is 68.5 Å². The first-order valence-corrected chi connectivity index (χ1v) is 25.7. The van der Waals surface area contributed by atoms with Crippen molar-refractivity contribution in [3.8, 4) is 0 Å². The Morgan fingerprint density at radius 3 is 2.19 bits per heavy atom. The Labute approximate surface area is 410 Å². The molecule has 2 spiro atoms. The molecule has 1 aromatic heterocycles. The third kappa shape index (κ3) is 10.6. The maximum Gasteiger partial charge on any atom is 0.255 e. The molecular weight excluding hydrogens is 895 g/mol. The Hall–Kier alpha value is -5.46. The number of likely N-dealkylation sites (tertiary alicyclic amines) is 3. The lowest BCUT2D eigenvalue weighted by molar-refractivity contribution is -0.137. The lowest BCUT2D eigenvalue weighted by Gasteiger charge is -2.48. The first-order valence-electron chi connectivity index (χ1n) is 25.7. The quantitative estimate of drug-likeness (QED) is 0.122. The number of hydrogen-bond acceptors (Lipinski definition) is 13. The number of aromatic nitrogens is 2. The fourth-order valence-corrected chi connectivity index (χ4v) is 12.3. The molecule has 8 heterocycles. The van der Waals surface area contributed by atoms with E-state index in [1.54, 1.807) is 16.1 Å². The van der Waals surface area contributed by atoms with Crippen molar-refractivity contribution < 1.29 is 28.0 Å². The molecule has 18 heteroatoms. The number of carbonyl (C=O) groups is 4. The topological polar surface area (TPSA) is 162 Å². The van der Waals surface area contributed by atoms with Crippen LogP contribution >= 0.6 is 0 Å². The zero-order valence-corrected chi connectivity index (χ0v) is 41.0. The average Bonchev–Trinajstić information content (AvgIpc) is 4.04. The number of amides is 4. The molecule has 0 bridgehead atoms. The summed E-state index contributed by atoms with van der Waals surface area (Å²) in [6.07, 6.45) is 9.98. The van der Waals surface area contributed by atoms with Crippen LogP contribution in [0.25, 0.3) is 0 Å². The monoisotopic (exact) mass is 965 g/mol. The number of nitrogens with zero attached hydrogens (tertiary/aromatic N) is 8. The number of nitrogens with one attached hydrogen (secondary N) is 4. The Morgan fingerprint density at radius 2 is 1.46 bits per heavy atom. The summed E-state index contributed by atoms with van der Waals surface area (Å²) in [6, 6.07) is 9.71. The number of halogens is 2. The highest BCUT2D eigenvalue weighted by Gasteiger charge is 2.45. The second-order valence-electron chi connectivity index (χ2n) is 22.1. The number of piperidine rings is 3. The standard InChI is InChI=1S/C52H70F2N12O4/c1-50(2)10-20-61(21-11-50)29-36-26-40(54)43(27-39(36)53)65-31-47(68)60-52(34-65)14-24-64(25-15-52)45-28-44(57-35-58-45)56-17-5-19-63-23-13-51(33-63)12-22-62(32-51)18-4-16-55-41-7-3-6-37-38(41)30-66(49(37)70)42-8-9-46(67)59-48(42)69/h3,6-7,26-28,35,42,55H,4-5,8-25,29-34H2,1-2H3,(H,60,68)(H,56,57,58)(H,59,67,69)/t42?,51-/m1/s1. The summed E-state index contributed by atoms with van der Waals surface area (Å²) >= 11 is 0. The average molecular weight is 965 g/mol. The third-order valence-corrected chi connectivity index (χ3v) is 16.5. The smallest absolute Gasteiger partial charge is 0.255 e. The molecule has 6 saturated heterocycles. The number of piperazine rings is 1. The van der Waals surface area contributed by atoms with Gasteiger partial charge in [-0.05, 0) is 126 Å². The summed E-state index contributed by atoms with van der Waals surface area (Å²) in [6.45, 7) is 16.8. The molecule has 7 aliphatic rings. The van der Waals surface area contributed by atoms with Crippen LogP contribution in [0.2, 0.25) is 0 Å². The number of anilines is 4. The van der Waals surface area contributed by atoms with Crippen LogP contribution in [0, 0.1) is 22.5 Å². The molecule has 0 radical (unpaired) electrons. The summed E-state index contributed by atoms with van der Waals surface area (Å²) < 4.78 is 31.2. The van der Waals surface area contributed by atoms with E-state index in [1.165, 1.54) is 25.0 Å². The number of imide groups is 1. The first kappa shape index (κ1) is 48.2. The zero-order valence-electron chi connectivity index (χ0n) is 41.0. The molecule has 376 valence electrons. The SMILES string of the molecule is CC1(C)CCN(Cc2cc(F)c(N3CC(=O)NC4(CCN(c5cc(NCCCN6CC[C@@]7(CCN(CCCNc8cccc9c8CN(C8CCC(=O)NC8=O)C9=O)C7)C6)ncn5)CC4)C3)cc2F)CC1. The van der Waals surface area contributed by atoms with Gasteiger partial charge in [-0.1, -0.05) is 19.9 Å². The van der Waals surface area contributed by atoms with Crippen molar-refractivity contribution in [2.75, 3.05) is 112 Å². The van der Waals surface area contributed by atoms with Gasteiger partial charge >= 0.3 is 0 Å². The summed E-state index contributed by atoms with van der Waals surface area (Å²) in [5, 5.41) is 12.7. The molecule has 4 amide bonds. The fraction of sp³-hybridized carbons (Fsp3) is 0.615. The lowest BCUT2D eigenvalue weighted by Crippen LogP contribution is -2.66. The molecule has 2 aromatic carbocycles. The van der Waals surface area contributed by atoms with Crippen LogP contribution in [0.3, 0.4) is 0 Å². The molecule has 7 aliphatic heterocycles. The van der Waals surface area contributed by atoms with Crippen LogP contribution in [-0.2, 0) is 27.5 Å². The van der Waals surface area contributed by atoms with Gasteiger partial charge in [0, 0.05) is 99.8 Å². The Morgan fingerprint density at radius 1 is 0.743 bits per heavy atom. The van der Waals surface area contributed by atoms with Gasteiger partial charge in [-0.2, -0.15) is 0 Å². The summed E-state index contributed by atoms with van der Waals surface area (Å²) in [7, 11) is 0. The first-order chi connectivity index (χ1) is 33.7. The molecule has 0 saturated carbocycles. The minimum atomic E-state index is -0.620. The van der Waals surface area contributed by atoms with Crippen LogP contribution in [0.15, 0.2) is 42.7 Å². The van der Waals surface area contributed by atoms with Gasteiger partial charge in [0.05, 0.1) is 17.8 Å². The van der Waals surface area contributed by atoms with Crippen molar-refractivity contribution in [3.63, 3.8) is 0 Å². The van der Waals surface area contributed by atoms with Gasteiger partial charge in [0.15, 0.2) is 0 Å². The van der Waals surface area contributed by atoms with Gasteiger partial charge < -0.3 is 40.4 Å². The van der Waals surface area contributed by atoms with E-state index in [1.807, 2.05) is 24.3 Å². The number of carbonyl (C=O) groups excluding carboxylic acids is 4. The van der Waals surface area contributed by atoms with Gasteiger partial charge in [0.2, 0.25) is 17.7 Å². The molecule has 16 nitrogen and oxygen atoms in total. The highest BCUT2D eigenvalue weighted by atomic mass is 19.1. The van der Waals surface area contributed by atoms with E-state index >= 15 is 8.78 Å². The third-order valence-electron chi connectivity index (χ3n) is 16.5. The highest BCUT2D eigenvalue weighted by Crippen LogP contribution is 2.40. The van der Waals surface area contributed by atoms with Crippen molar-refractivity contribution in [1.29, 1.82) is 0 Å². The molecule has 1 unspecified atom stereocenters. The summed E-state index contributed by atoms with van der Waals surface area (Å²) in [4.78, 5) is 72.6. The van der Waals surface area contributed by atoms with Gasteiger partial charge in [-0.3, -0.25) is 29.4 Å². The van der Waals surface area contributed by atoms with Gasteiger partial charge in [-0.25, -0.2) is 18.7 Å². The van der Waals surface area contributed by atoms with E-state index < -0.39 is 29.1 Å². The van der Waals surface area contributed by atoms with Crippen LogP contribution < -0.4 is 31.1 Å². The van der Waals surface area contributed by atoms with Crippen molar-refractivity contribution in [1.82, 2.24) is 40.2 Å². The number of benzene rings is 2. The number of fused-ring (bicyclic) bond motifs is 1. The molecule has 3 aromatic rings. The molecule has 4 N–H and O–H groups in total. The van der Waals surface area contributed by atoms with Gasteiger partial charge in [0.25, 0.3) is 5.91 Å². The number of rotatable bonds is 15. The molecule has 2 atom stereocenters. The summed E-state index contributed by atoms with van der Waals surface area (Å²) in [5.41, 5.74) is 3.06. The van der Waals surface area contributed by atoms with Gasteiger partial charge in [-0.15, -0.1) is 0 Å². The van der Waals surface area contributed by atoms with Crippen molar-refractivity contribution in [3.05, 3.63) is 71.1 Å². The lowest BCUT2D eigenvalue weighted by atomic mass is 9.82. The minimum Gasteiger partial charge on any atom is -0.385 e. The highest BCUT2D eigenvalue weighted by molar-refractivity contribution is 6.06. The van der Waals surface area contributed by atoms with E-state index in [2.05, 4.69) is 64.7 Å². The van der Waals surface area contributed by atoms with E-state index in [-0.39, 0.29) is 41.8 Å². The van der Waals surface area contributed by atoms with Crippen LogP contribution in [0.4, 0.5) is 31.8 Å². The largest absolute Gasteiger partial charge is 0.385 e. The Bertz CT molecular complexity index is 2460. The predicted octanol–water partition coefficient (Wildman–Crippen LogP) is 4.82. The zero-order chi connectivity index (χ0) is 48.6. The predicted molar refractivity (Wildman–Crippen MR) is 264 cm³/mol. The van der Waals surface area contributed by atoms with Crippen molar-refractivity contribution >= 4 is 46.6 Å². The second-order valence-corrected chi connectivity index (χ2v) is 22.1. The fourth-order valence-electron chi connectivity index (χ4n) is 12.3. The molecular formula is C52H70F2N12O4. The Balaban J connectivity index is 0.634. The Kier molecular flexibility index (Phi) is 13.7. The van der Waals surface area contributed by atoms with Crippen LogP contribution in [-0.4, -0.2) is 156 Å². The molecule has 0 aliphatic carbocycles. The molecule has 10 rings (SSSR count).